The van der Waals surface area contributed by atoms with Crippen LogP contribution in [0.5, 0.6) is 0 Å². The highest BCUT2D eigenvalue weighted by molar-refractivity contribution is 7.85. The van der Waals surface area contributed by atoms with Crippen molar-refractivity contribution in [1.29, 1.82) is 0 Å². The molecule has 1 N–H and O–H groups in total. The van der Waals surface area contributed by atoms with Crippen molar-refractivity contribution in [2.45, 2.75) is 89.6 Å². The van der Waals surface area contributed by atoms with E-state index in [1.807, 2.05) is 11.6 Å². The van der Waals surface area contributed by atoms with Crippen LogP contribution < -0.4 is 4.72 Å². The van der Waals surface area contributed by atoms with Gasteiger partial charge >= 0.3 is 10.3 Å². The maximum atomic E-state index is 12.2. The van der Waals surface area contributed by atoms with Crippen LogP contribution in [0.15, 0.2) is 0 Å². The monoisotopic (exact) mass is 423 g/mol. The van der Waals surface area contributed by atoms with Gasteiger partial charge in [0, 0.05) is 6.42 Å². The summed E-state index contributed by atoms with van der Waals surface area (Å²) in [5, 5.41) is 0. The summed E-state index contributed by atoms with van der Waals surface area (Å²) in [7, 11) is -4.32. The third kappa shape index (κ3) is 4.66. The van der Waals surface area contributed by atoms with Gasteiger partial charge in [-0.3, -0.25) is 4.79 Å². The molecule has 162 valence electrons. The maximum absolute atomic E-state index is 12.2. The van der Waals surface area contributed by atoms with Crippen LogP contribution in [0.1, 0.15) is 53.9 Å². The molecule has 3 aliphatic rings. The molecule has 0 aromatic heterocycles. The third-order valence-electron chi connectivity index (χ3n) is 4.69. The molecule has 3 fully saturated rings. The minimum Gasteiger partial charge on any atom is -0.343 e. The third-order valence-corrected chi connectivity index (χ3v) is 5.59. The van der Waals surface area contributed by atoms with Gasteiger partial charge in [0.1, 0.15) is 24.9 Å². The zero-order valence-electron chi connectivity index (χ0n) is 16.9. The van der Waals surface area contributed by atoms with Crippen molar-refractivity contribution < 1.29 is 41.1 Å². The molecule has 3 heterocycles. The summed E-state index contributed by atoms with van der Waals surface area (Å²) in [4.78, 5) is 11.7. The normalized spacial score (nSPS) is 36.0. The van der Waals surface area contributed by atoms with E-state index in [0.29, 0.717) is 6.42 Å². The Labute approximate surface area is 165 Å². The number of carbonyl (C=O) groups is 1. The number of nitrogens with one attached hydrogen (secondary N) is 1. The van der Waals surface area contributed by atoms with E-state index in [1.54, 1.807) is 27.7 Å². The van der Waals surface area contributed by atoms with Crippen molar-refractivity contribution in [3.63, 3.8) is 0 Å². The summed E-state index contributed by atoms with van der Waals surface area (Å²) in [5.74, 6) is -4.01. The molecule has 3 saturated heterocycles. The first-order valence-electron chi connectivity index (χ1n) is 9.45. The lowest BCUT2D eigenvalue weighted by molar-refractivity contribution is -0.290. The second kappa shape index (κ2) is 7.46. The lowest BCUT2D eigenvalue weighted by Crippen LogP contribution is -2.60. The van der Waals surface area contributed by atoms with Crippen LogP contribution in [0.3, 0.4) is 0 Å². The zero-order valence-corrected chi connectivity index (χ0v) is 17.7. The Morgan fingerprint density at radius 1 is 1.14 bits per heavy atom. The Bertz CT molecular complexity index is 707. The van der Waals surface area contributed by atoms with Crippen molar-refractivity contribution in [2.24, 2.45) is 0 Å². The van der Waals surface area contributed by atoms with E-state index in [1.165, 1.54) is 0 Å². The van der Waals surface area contributed by atoms with E-state index in [0.717, 1.165) is 6.42 Å². The number of rotatable bonds is 7. The SMILES string of the molecule is CCCCC(=O)NS(=O)(=O)OC[C@@]12OC[C@H]3OC(C)(C)O[C@H]3C1OC(C)(C)O2. The summed E-state index contributed by atoms with van der Waals surface area (Å²) >= 11 is 0. The molecular weight excluding hydrogens is 394 g/mol. The van der Waals surface area contributed by atoms with Gasteiger partial charge in [-0.25, -0.2) is 8.91 Å². The average molecular weight is 423 g/mol. The van der Waals surface area contributed by atoms with E-state index in [2.05, 4.69) is 0 Å². The fraction of sp³-hybridized carbons (Fsp3) is 0.941. The quantitative estimate of drug-likeness (QED) is 0.638. The summed E-state index contributed by atoms with van der Waals surface area (Å²) in [6.45, 7) is 8.46. The number of carbonyl (C=O) groups excluding carboxylic acids is 1. The van der Waals surface area contributed by atoms with Gasteiger partial charge in [-0.05, 0) is 34.1 Å². The highest BCUT2D eigenvalue weighted by Crippen LogP contribution is 2.47. The lowest BCUT2D eigenvalue weighted by Gasteiger charge is -2.40. The Kier molecular flexibility index (Phi) is 5.83. The van der Waals surface area contributed by atoms with Gasteiger partial charge in [0.25, 0.3) is 0 Å². The minimum absolute atomic E-state index is 0.0972. The summed E-state index contributed by atoms with van der Waals surface area (Å²) in [5.41, 5.74) is 0. The van der Waals surface area contributed by atoms with Gasteiger partial charge in [-0.2, -0.15) is 8.42 Å². The summed E-state index contributed by atoms with van der Waals surface area (Å²) in [6.07, 6.45) is -0.215. The fourth-order valence-corrected chi connectivity index (χ4v) is 4.42. The van der Waals surface area contributed by atoms with Gasteiger partial charge in [0.05, 0.1) is 6.61 Å². The molecule has 4 atom stereocenters. The Morgan fingerprint density at radius 3 is 2.54 bits per heavy atom. The molecule has 1 amide bonds. The topological polar surface area (TPSA) is 119 Å². The number of ether oxygens (including phenoxy) is 5. The van der Waals surface area contributed by atoms with Crippen LogP contribution in [-0.4, -0.2) is 63.2 Å². The van der Waals surface area contributed by atoms with Gasteiger partial charge < -0.3 is 23.7 Å². The molecular formula is C17H29NO9S. The lowest BCUT2D eigenvalue weighted by atomic mass is 9.98. The molecule has 3 rings (SSSR count). The number of amides is 1. The van der Waals surface area contributed by atoms with Crippen molar-refractivity contribution in [1.82, 2.24) is 4.72 Å². The van der Waals surface area contributed by atoms with Crippen LogP contribution in [0, 0.1) is 0 Å². The fourth-order valence-electron chi connectivity index (χ4n) is 3.66. The Morgan fingerprint density at radius 2 is 1.86 bits per heavy atom. The van der Waals surface area contributed by atoms with Crippen molar-refractivity contribution in [3.05, 3.63) is 0 Å². The van der Waals surface area contributed by atoms with Crippen LogP contribution in [-0.2, 0) is 43.0 Å². The van der Waals surface area contributed by atoms with E-state index >= 15 is 0 Å². The number of fused-ring (bicyclic) bond motifs is 3. The minimum atomic E-state index is -4.32. The van der Waals surface area contributed by atoms with Crippen LogP contribution in [0.25, 0.3) is 0 Å². The highest BCUT2D eigenvalue weighted by atomic mass is 32.2. The van der Waals surface area contributed by atoms with Crippen LogP contribution in [0.2, 0.25) is 0 Å². The second-order valence-corrected chi connectivity index (χ2v) is 9.49. The largest absolute Gasteiger partial charge is 0.362 e. The van der Waals surface area contributed by atoms with Crippen LogP contribution in [0.4, 0.5) is 0 Å². The molecule has 3 aliphatic heterocycles. The molecule has 11 heteroatoms. The van der Waals surface area contributed by atoms with Crippen LogP contribution >= 0.6 is 0 Å². The van der Waals surface area contributed by atoms with Crippen molar-refractivity contribution >= 4 is 16.2 Å². The predicted octanol–water partition coefficient (Wildman–Crippen LogP) is 0.952. The molecule has 28 heavy (non-hydrogen) atoms. The Hall–Kier alpha value is -0.820. The van der Waals surface area contributed by atoms with E-state index in [-0.39, 0.29) is 19.1 Å². The molecule has 10 nitrogen and oxygen atoms in total. The first kappa shape index (κ1) is 21.9. The molecule has 0 aromatic carbocycles. The first-order valence-corrected chi connectivity index (χ1v) is 10.9. The highest BCUT2D eigenvalue weighted by Gasteiger charge is 2.65. The smallest absolute Gasteiger partial charge is 0.343 e. The number of hydrogen-bond donors (Lipinski definition) is 1. The second-order valence-electron chi connectivity index (χ2n) is 8.15. The zero-order chi connectivity index (χ0) is 20.8. The van der Waals surface area contributed by atoms with E-state index in [4.69, 9.17) is 27.9 Å². The van der Waals surface area contributed by atoms with Crippen molar-refractivity contribution in [2.75, 3.05) is 13.2 Å². The van der Waals surface area contributed by atoms with Gasteiger partial charge in [0.15, 0.2) is 11.6 Å². The van der Waals surface area contributed by atoms with E-state index in [9.17, 15) is 13.2 Å². The molecule has 0 aliphatic carbocycles. The standard InChI is InChI=1S/C17H29NO9S/c1-6-7-8-12(19)18-28(20,21)23-10-17-14(26-16(4,5)27-17)13-11(9-22-17)24-15(2,3)25-13/h11,13-14H,6-10H2,1-5H3,(H,18,19)/t11-,13-,14?,17+/m1/s1. The molecule has 0 saturated carbocycles. The van der Waals surface area contributed by atoms with Gasteiger partial charge in [-0.1, -0.05) is 13.3 Å². The molecule has 0 radical (unpaired) electrons. The van der Waals surface area contributed by atoms with E-state index < -0.39 is 52.4 Å². The number of hydrogen-bond acceptors (Lipinski definition) is 9. The van der Waals surface area contributed by atoms with Gasteiger partial charge in [0.2, 0.25) is 11.7 Å². The van der Waals surface area contributed by atoms with Gasteiger partial charge in [-0.15, -0.1) is 0 Å². The molecule has 1 unspecified atom stereocenters. The number of unbranched alkanes of at least 4 members (excludes halogenated alkanes) is 1. The van der Waals surface area contributed by atoms with Crippen molar-refractivity contribution in [3.8, 4) is 0 Å². The molecule has 0 spiro atoms. The maximum Gasteiger partial charge on any atom is 0.362 e. The predicted molar refractivity (Wildman–Crippen MR) is 95.1 cm³/mol. The summed E-state index contributed by atoms with van der Waals surface area (Å²) in [6, 6.07) is 0. The molecule has 0 bridgehead atoms. The average Bonchev–Trinajstić information content (AvgIpc) is 3.02. The Balaban J connectivity index is 1.71. The first-order chi connectivity index (χ1) is 12.9. The summed E-state index contributed by atoms with van der Waals surface area (Å²) < 4.78 is 60.7. The molecule has 0 aromatic rings.